The monoisotopic (exact) mass is 282 g/mol. The SMILES string of the molecule is COc1cc(OCC2(O)CCCC2)cc(OC)c1OC. The molecule has 1 fully saturated rings. The Hall–Kier alpha value is -1.62. The molecule has 1 saturated carbocycles. The van der Waals surface area contributed by atoms with Gasteiger partial charge in [-0.3, -0.25) is 0 Å². The highest BCUT2D eigenvalue weighted by molar-refractivity contribution is 5.55. The Morgan fingerprint density at radius 3 is 2.00 bits per heavy atom. The number of hydrogen-bond donors (Lipinski definition) is 1. The third-order valence-corrected chi connectivity index (χ3v) is 3.68. The van der Waals surface area contributed by atoms with Gasteiger partial charge in [-0.15, -0.1) is 0 Å². The first-order chi connectivity index (χ1) is 9.61. The molecule has 0 saturated heterocycles. The summed E-state index contributed by atoms with van der Waals surface area (Å²) in [6.07, 6.45) is 3.68. The van der Waals surface area contributed by atoms with E-state index < -0.39 is 5.60 Å². The van der Waals surface area contributed by atoms with E-state index in [0.717, 1.165) is 25.7 Å². The average Bonchev–Trinajstić information content (AvgIpc) is 2.91. The fourth-order valence-electron chi connectivity index (χ4n) is 2.54. The Morgan fingerprint density at radius 1 is 1.00 bits per heavy atom. The minimum absolute atomic E-state index is 0.283. The highest BCUT2D eigenvalue weighted by Crippen LogP contribution is 2.41. The minimum atomic E-state index is -0.708. The molecule has 1 N–H and O–H groups in total. The molecule has 1 aromatic rings. The first kappa shape index (κ1) is 14.8. The molecule has 0 atom stereocenters. The van der Waals surface area contributed by atoms with E-state index in [-0.39, 0.29) is 6.61 Å². The van der Waals surface area contributed by atoms with Crippen LogP contribution in [0.15, 0.2) is 12.1 Å². The fourth-order valence-corrected chi connectivity index (χ4v) is 2.54. The van der Waals surface area contributed by atoms with Crippen LogP contribution < -0.4 is 18.9 Å². The summed E-state index contributed by atoms with van der Waals surface area (Å²) in [6, 6.07) is 3.47. The summed E-state index contributed by atoms with van der Waals surface area (Å²) in [5, 5.41) is 10.3. The lowest BCUT2D eigenvalue weighted by Crippen LogP contribution is -2.32. The van der Waals surface area contributed by atoms with Crippen molar-refractivity contribution >= 4 is 0 Å². The topological polar surface area (TPSA) is 57.2 Å². The molecular weight excluding hydrogens is 260 g/mol. The molecule has 20 heavy (non-hydrogen) atoms. The molecular formula is C15H22O5. The molecule has 0 aromatic heterocycles. The second kappa shape index (κ2) is 6.22. The van der Waals surface area contributed by atoms with E-state index in [0.29, 0.717) is 23.0 Å². The van der Waals surface area contributed by atoms with E-state index in [1.165, 1.54) is 0 Å². The fraction of sp³-hybridized carbons (Fsp3) is 0.600. The molecule has 1 aromatic carbocycles. The van der Waals surface area contributed by atoms with Crippen LogP contribution in [0.3, 0.4) is 0 Å². The lowest BCUT2D eigenvalue weighted by Gasteiger charge is -2.23. The summed E-state index contributed by atoms with van der Waals surface area (Å²) in [5.41, 5.74) is -0.708. The summed E-state index contributed by atoms with van der Waals surface area (Å²) in [5.74, 6) is 2.21. The zero-order valence-corrected chi connectivity index (χ0v) is 12.3. The van der Waals surface area contributed by atoms with Gasteiger partial charge in [0.2, 0.25) is 5.75 Å². The molecule has 0 amide bonds. The Balaban J connectivity index is 2.15. The van der Waals surface area contributed by atoms with E-state index in [1.54, 1.807) is 33.5 Å². The van der Waals surface area contributed by atoms with Crippen LogP contribution >= 0.6 is 0 Å². The van der Waals surface area contributed by atoms with Gasteiger partial charge >= 0.3 is 0 Å². The van der Waals surface area contributed by atoms with Crippen molar-refractivity contribution in [1.82, 2.24) is 0 Å². The van der Waals surface area contributed by atoms with E-state index in [4.69, 9.17) is 18.9 Å². The molecule has 0 unspecified atom stereocenters. The number of ether oxygens (including phenoxy) is 4. The molecule has 2 rings (SSSR count). The van der Waals surface area contributed by atoms with Crippen molar-refractivity contribution in [2.24, 2.45) is 0 Å². The predicted molar refractivity (Wildman–Crippen MR) is 75.0 cm³/mol. The van der Waals surface area contributed by atoms with Crippen molar-refractivity contribution in [2.45, 2.75) is 31.3 Å². The third kappa shape index (κ3) is 3.10. The largest absolute Gasteiger partial charge is 0.493 e. The Labute approximate surface area is 119 Å². The molecule has 0 aliphatic heterocycles. The number of hydrogen-bond acceptors (Lipinski definition) is 5. The first-order valence-electron chi connectivity index (χ1n) is 6.77. The minimum Gasteiger partial charge on any atom is -0.493 e. The molecule has 112 valence electrons. The predicted octanol–water partition coefficient (Wildman–Crippen LogP) is 2.40. The van der Waals surface area contributed by atoms with Gasteiger partial charge in [0.05, 0.1) is 26.9 Å². The highest BCUT2D eigenvalue weighted by atomic mass is 16.5. The normalized spacial score (nSPS) is 16.8. The molecule has 0 spiro atoms. The van der Waals surface area contributed by atoms with Gasteiger partial charge in [0.25, 0.3) is 0 Å². The molecule has 5 heteroatoms. The summed E-state index contributed by atoms with van der Waals surface area (Å²) in [6.45, 7) is 0.283. The Kier molecular flexibility index (Phi) is 4.60. The molecule has 0 bridgehead atoms. The van der Waals surface area contributed by atoms with Crippen molar-refractivity contribution in [3.8, 4) is 23.0 Å². The second-order valence-corrected chi connectivity index (χ2v) is 5.08. The van der Waals surface area contributed by atoms with Gasteiger partial charge in [-0.1, -0.05) is 12.8 Å². The standard InChI is InChI=1S/C15H22O5/c1-17-12-8-11(9-13(18-2)14(12)19-3)20-10-15(16)6-4-5-7-15/h8-9,16H,4-7,10H2,1-3H3. The van der Waals surface area contributed by atoms with Crippen LogP contribution in [0, 0.1) is 0 Å². The Morgan fingerprint density at radius 2 is 1.55 bits per heavy atom. The van der Waals surface area contributed by atoms with Crippen LogP contribution in [0.2, 0.25) is 0 Å². The van der Waals surface area contributed by atoms with Crippen LogP contribution in [0.5, 0.6) is 23.0 Å². The Bertz CT molecular complexity index is 427. The summed E-state index contributed by atoms with van der Waals surface area (Å²) in [7, 11) is 4.68. The average molecular weight is 282 g/mol. The second-order valence-electron chi connectivity index (χ2n) is 5.08. The maximum Gasteiger partial charge on any atom is 0.203 e. The number of benzene rings is 1. The maximum atomic E-state index is 10.3. The van der Waals surface area contributed by atoms with E-state index >= 15 is 0 Å². The van der Waals surface area contributed by atoms with Gasteiger partial charge in [0, 0.05) is 12.1 Å². The van der Waals surface area contributed by atoms with E-state index in [9.17, 15) is 5.11 Å². The highest BCUT2D eigenvalue weighted by Gasteiger charge is 2.32. The van der Waals surface area contributed by atoms with Gasteiger partial charge in [0.15, 0.2) is 11.5 Å². The van der Waals surface area contributed by atoms with E-state index in [1.807, 2.05) is 0 Å². The number of aliphatic hydroxyl groups is 1. The van der Waals surface area contributed by atoms with Gasteiger partial charge in [0.1, 0.15) is 12.4 Å². The molecule has 0 radical (unpaired) electrons. The quantitative estimate of drug-likeness (QED) is 0.868. The lowest BCUT2D eigenvalue weighted by atomic mass is 10.0. The molecule has 5 nitrogen and oxygen atoms in total. The maximum absolute atomic E-state index is 10.3. The van der Waals surface area contributed by atoms with Crippen molar-refractivity contribution in [2.75, 3.05) is 27.9 Å². The van der Waals surface area contributed by atoms with Crippen LogP contribution in [0.1, 0.15) is 25.7 Å². The van der Waals surface area contributed by atoms with Crippen LogP contribution in [-0.2, 0) is 0 Å². The van der Waals surface area contributed by atoms with Crippen molar-refractivity contribution in [3.05, 3.63) is 12.1 Å². The van der Waals surface area contributed by atoms with Crippen LogP contribution in [0.25, 0.3) is 0 Å². The van der Waals surface area contributed by atoms with Gasteiger partial charge < -0.3 is 24.1 Å². The van der Waals surface area contributed by atoms with Crippen LogP contribution in [-0.4, -0.2) is 38.6 Å². The van der Waals surface area contributed by atoms with Crippen molar-refractivity contribution in [1.29, 1.82) is 0 Å². The van der Waals surface area contributed by atoms with Crippen LogP contribution in [0.4, 0.5) is 0 Å². The van der Waals surface area contributed by atoms with E-state index in [2.05, 4.69) is 0 Å². The van der Waals surface area contributed by atoms with Crippen molar-refractivity contribution in [3.63, 3.8) is 0 Å². The smallest absolute Gasteiger partial charge is 0.203 e. The lowest BCUT2D eigenvalue weighted by molar-refractivity contribution is 0.00127. The summed E-state index contributed by atoms with van der Waals surface area (Å²) >= 11 is 0. The zero-order chi connectivity index (χ0) is 14.6. The van der Waals surface area contributed by atoms with Crippen molar-refractivity contribution < 1.29 is 24.1 Å². The van der Waals surface area contributed by atoms with Gasteiger partial charge in [-0.25, -0.2) is 0 Å². The zero-order valence-electron chi connectivity index (χ0n) is 12.3. The molecule has 1 aliphatic carbocycles. The first-order valence-corrected chi connectivity index (χ1v) is 6.77. The molecule has 1 aliphatic rings. The summed E-state index contributed by atoms with van der Waals surface area (Å²) < 4.78 is 21.5. The molecule has 0 heterocycles. The number of methoxy groups -OCH3 is 3. The number of rotatable bonds is 6. The summed E-state index contributed by atoms with van der Waals surface area (Å²) in [4.78, 5) is 0. The third-order valence-electron chi connectivity index (χ3n) is 3.68. The van der Waals surface area contributed by atoms with Gasteiger partial charge in [-0.05, 0) is 12.8 Å². The van der Waals surface area contributed by atoms with Gasteiger partial charge in [-0.2, -0.15) is 0 Å².